The maximum absolute atomic E-state index is 13.2. The number of non-ortho nitro benzene ring substituents is 1. The van der Waals surface area contributed by atoms with E-state index in [0.29, 0.717) is 35.2 Å². The highest BCUT2D eigenvalue weighted by Crippen LogP contribution is 2.41. The molecule has 1 atom stereocenters. The number of amides is 1. The highest BCUT2D eigenvalue weighted by Gasteiger charge is 2.43. The maximum atomic E-state index is 13.2. The average molecular weight is 515 g/mol. The van der Waals surface area contributed by atoms with Crippen molar-refractivity contribution in [3.8, 4) is 0 Å². The Kier molecular flexibility index (Phi) is 11.2. The third-order valence-electron chi connectivity index (χ3n) is 4.31. The minimum absolute atomic E-state index is 0.0563. The molecule has 1 heterocycles. The predicted molar refractivity (Wildman–Crippen MR) is 131 cm³/mol. The van der Waals surface area contributed by atoms with E-state index in [2.05, 4.69) is 0 Å². The summed E-state index contributed by atoms with van der Waals surface area (Å²) in [7, 11) is 0. The lowest BCUT2D eigenvalue weighted by atomic mass is 10.2. The zero-order chi connectivity index (χ0) is 24.4. The zero-order valence-electron chi connectivity index (χ0n) is 18.6. The summed E-state index contributed by atoms with van der Waals surface area (Å²) in [5.74, 6) is 0.314. The first-order valence-corrected chi connectivity index (χ1v) is 13.1. The molecular formula is C21H26N2O7S3. The lowest BCUT2D eigenvalue weighted by Crippen LogP contribution is -2.52. The fourth-order valence-corrected chi connectivity index (χ4v) is 5.91. The van der Waals surface area contributed by atoms with Crippen molar-refractivity contribution in [2.45, 2.75) is 39.2 Å². The summed E-state index contributed by atoms with van der Waals surface area (Å²) in [6.07, 6.45) is 0.305. The molecule has 0 N–H and O–H groups in total. The first-order valence-electron chi connectivity index (χ1n) is 10.3. The average Bonchev–Trinajstić information content (AvgIpc) is 2.77. The molecule has 1 aromatic rings. The Labute approximate surface area is 205 Å². The van der Waals surface area contributed by atoms with Gasteiger partial charge >= 0.3 is 5.97 Å². The van der Waals surface area contributed by atoms with E-state index in [0.717, 1.165) is 17.5 Å². The van der Waals surface area contributed by atoms with E-state index >= 15 is 0 Å². The molecule has 1 aliphatic rings. The minimum atomic E-state index is -0.726. The zero-order valence-corrected chi connectivity index (χ0v) is 21.1. The van der Waals surface area contributed by atoms with Crippen LogP contribution in [0.25, 0.3) is 0 Å². The third kappa shape index (κ3) is 8.05. The molecule has 12 heteroatoms. The van der Waals surface area contributed by atoms with Crippen molar-refractivity contribution in [1.29, 1.82) is 0 Å². The molecule has 1 fully saturated rings. The Morgan fingerprint density at radius 1 is 1.24 bits per heavy atom. The van der Waals surface area contributed by atoms with E-state index < -0.39 is 10.9 Å². The van der Waals surface area contributed by atoms with Gasteiger partial charge in [0.2, 0.25) is 5.91 Å². The number of rotatable bonds is 13. The molecule has 0 saturated carbocycles. The standard InChI is InChI=1S/C21H26N2O7S3/c1-4-29-10-11-32-21(33-14(3)24)19(22-17(25)12-18(22)31-5-2)20(26)30-13-15-6-8-16(9-7-15)23(27)28/h6-9,18H,4-5,10-13H2,1-3H3/b21-19+. The van der Waals surface area contributed by atoms with Crippen LogP contribution in [0.1, 0.15) is 32.8 Å². The second-order valence-corrected chi connectivity index (χ2v) is 10.7. The highest BCUT2D eigenvalue weighted by atomic mass is 32.2. The second-order valence-electron chi connectivity index (χ2n) is 6.65. The molecule has 9 nitrogen and oxygen atoms in total. The molecule has 1 aromatic carbocycles. The monoisotopic (exact) mass is 514 g/mol. The lowest BCUT2D eigenvalue weighted by Gasteiger charge is -2.40. The Hall–Kier alpha value is -2.02. The van der Waals surface area contributed by atoms with Crippen LogP contribution in [0.4, 0.5) is 5.69 Å². The normalized spacial score (nSPS) is 16.2. The van der Waals surface area contributed by atoms with E-state index in [1.807, 2.05) is 13.8 Å². The molecule has 33 heavy (non-hydrogen) atoms. The van der Waals surface area contributed by atoms with Crippen LogP contribution in [0.5, 0.6) is 0 Å². The van der Waals surface area contributed by atoms with E-state index in [1.54, 1.807) is 0 Å². The molecule has 1 amide bonds. The van der Waals surface area contributed by atoms with Crippen LogP contribution in [0, 0.1) is 10.1 Å². The van der Waals surface area contributed by atoms with E-state index in [9.17, 15) is 24.5 Å². The number of nitrogens with zero attached hydrogens (tertiary/aromatic N) is 2. The van der Waals surface area contributed by atoms with Gasteiger partial charge in [0.05, 0.1) is 27.6 Å². The molecule has 0 radical (unpaired) electrons. The second kappa shape index (κ2) is 13.6. The summed E-state index contributed by atoms with van der Waals surface area (Å²) in [5.41, 5.74) is 0.551. The van der Waals surface area contributed by atoms with Crippen LogP contribution >= 0.6 is 35.3 Å². The number of ether oxygens (including phenoxy) is 2. The number of hydrogen-bond donors (Lipinski definition) is 0. The summed E-state index contributed by atoms with van der Waals surface area (Å²) in [6.45, 7) is 6.07. The Morgan fingerprint density at radius 3 is 2.48 bits per heavy atom. The van der Waals surface area contributed by atoms with Gasteiger partial charge in [-0.2, -0.15) is 0 Å². The largest absolute Gasteiger partial charge is 0.456 e. The number of carbonyl (C=O) groups excluding carboxylic acids is 3. The van der Waals surface area contributed by atoms with Gasteiger partial charge in [-0.15, -0.1) is 23.5 Å². The van der Waals surface area contributed by atoms with Crippen molar-refractivity contribution in [1.82, 2.24) is 4.90 Å². The predicted octanol–water partition coefficient (Wildman–Crippen LogP) is 4.17. The van der Waals surface area contributed by atoms with Crippen molar-refractivity contribution >= 4 is 58.0 Å². The molecule has 1 saturated heterocycles. The molecular weight excluding hydrogens is 488 g/mol. The van der Waals surface area contributed by atoms with Gasteiger partial charge in [-0.05, 0) is 42.1 Å². The van der Waals surface area contributed by atoms with Crippen molar-refractivity contribution in [2.75, 3.05) is 24.7 Å². The van der Waals surface area contributed by atoms with Crippen LogP contribution in [0.15, 0.2) is 34.2 Å². The Morgan fingerprint density at radius 2 is 1.94 bits per heavy atom. The molecule has 2 rings (SSSR count). The number of likely N-dealkylation sites (tertiary alicyclic amines) is 1. The van der Waals surface area contributed by atoms with Crippen molar-refractivity contribution in [2.24, 2.45) is 0 Å². The molecule has 0 bridgehead atoms. The number of β-lactam (4-membered cyclic amide) rings is 1. The first kappa shape index (κ1) is 27.2. The van der Waals surface area contributed by atoms with Gasteiger partial charge in [0.15, 0.2) is 10.8 Å². The van der Waals surface area contributed by atoms with Crippen molar-refractivity contribution in [3.05, 3.63) is 49.9 Å². The van der Waals surface area contributed by atoms with Crippen molar-refractivity contribution in [3.63, 3.8) is 0 Å². The van der Waals surface area contributed by atoms with E-state index in [-0.39, 0.29) is 34.4 Å². The summed E-state index contributed by atoms with van der Waals surface area (Å²) in [5, 5.41) is 10.4. The van der Waals surface area contributed by atoms with Gasteiger partial charge in [-0.1, -0.05) is 6.92 Å². The lowest BCUT2D eigenvalue weighted by molar-refractivity contribution is -0.384. The van der Waals surface area contributed by atoms with E-state index in [4.69, 9.17) is 9.47 Å². The molecule has 0 aliphatic carbocycles. The topological polar surface area (TPSA) is 116 Å². The Balaban J connectivity index is 2.29. The SMILES string of the molecule is CCOCCS/C(SC(C)=O)=C(/C(=O)OCc1ccc([N+](=O)[O-])cc1)N1C(=O)CC1SCC. The highest BCUT2D eigenvalue weighted by molar-refractivity contribution is 8.29. The number of esters is 1. The summed E-state index contributed by atoms with van der Waals surface area (Å²) < 4.78 is 11.2. The van der Waals surface area contributed by atoms with E-state index in [1.165, 1.54) is 59.6 Å². The molecule has 180 valence electrons. The van der Waals surface area contributed by atoms with Crippen LogP contribution in [-0.4, -0.2) is 56.9 Å². The summed E-state index contributed by atoms with van der Waals surface area (Å²) in [6, 6.07) is 5.66. The third-order valence-corrected chi connectivity index (χ3v) is 7.50. The Bertz CT molecular complexity index is 906. The number of nitro benzene ring substituents is 1. The molecule has 1 aliphatic heterocycles. The van der Waals surface area contributed by atoms with Crippen LogP contribution in [0.3, 0.4) is 0 Å². The van der Waals surface area contributed by atoms with Gasteiger partial charge in [0.25, 0.3) is 5.69 Å². The number of hydrogen-bond acceptors (Lipinski definition) is 10. The van der Waals surface area contributed by atoms with Crippen LogP contribution in [-0.2, 0) is 30.5 Å². The molecule has 0 spiro atoms. The van der Waals surface area contributed by atoms with Gasteiger partial charge < -0.3 is 9.47 Å². The maximum Gasteiger partial charge on any atom is 0.357 e. The van der Waals surface area contributed by atoms with Crippen molar-refractivity contribution < 1.29 is 28.8 Å². The quantitative estimate of drug-likeness (QED) is 0.0948. The fraction of sp³-hybridized carbons (Fsp3) is 0.476. The first-order chi connectivity index (χ1) is 15.8. The molecule has 1 unspecified atom stereocenters. The fourth-order valence-electron chi connectivity index (χ4n) is 2.81. The van der Waals surface area contributed by atoms with Gasteiger partial charge in [0, 0.05) is 31.4 Å². The smallest absolute Gasteiger partial charge is 0.357 e. The number of carbonyl (C=O) groups is 3. The van der Waals surface area contributed by atoms with Gasteiger partial charge in [0.1, 0.15) is 6.61 Å². The molecule has 0 aromatic heterocycles. The van der Waals surface area contributed by atoms with Gasteiger partial charge in [-0.3, -0.25) is 24.6 Å². The number of thioether (sulfide) groups is 3. The number of nitro groups is 1. The summed E-state index contributed by atoms with van der Waals surface area (Å²) in [4.78, 5) is 49.3. The minimum Gasteiger partial charge on any atom is -0.456 e. The number of benzene rings is 1. The summed E-state index contributed by atoms with van der Waals surface area (Å²) >= 11 is 3.69. The van der Waals surface area contributed by atoms with Crippen LogP contribution in [0.2, 0.25) is 0 Å². The van der Waals surface area contributed by atoms with Crippen LogP contribution < -0.4 is 0 Å². The van der Waals surface area contributed by atoms with Gasteiger partial charge in [-0.25, -0.2) is 4.79 Å².